The lowest BCUT2D eigenvalue weighted by molar-refractivity contribution is -0.151. The first kappa shape index (κ1) is 11.8. The van der Waals surface area contributed by atoms with Gasteiger partial charge in [-0.25, -0.2) is 0 Å². The standard InChI is InChI=1S/C13H18O2/c1-10(2)15-13(14)11(3)9-12-7-5-4-6-8-12/h4-8,10-11H,9H2,1-3H3. The maximum absolute atomic E-state index is 11.5. The summed E-state index contributed by atoms with van der Waals surface area (Å²) in [5, 5.41) is 0. The Balaban J connectivity index is 2.49. The third-order valence-corrected chi connectivity index (χ3v) is 2.14. The monoisotopic (exact) mass is 206 g/mol. The zero-order valence-corrected chi connectivity index (χ0v) is 9.57. The molecule has 0 spiro atoms. The molecule has 1 aromatic carbocycles. The van der Waals surface area contributed by atoms with E-state index in [0.29, 0.717) is 0 Å². The lowest BCUT2D eigenvalue weighted by Gasteiger charge is -2.13. The number of esters is 1. The molecule has 0 aliphatic rings. The fourth-order valence-corrected chi connectivity index (χ4v) is 1.40. The van der Waals surface area contributed by atoms with E-state index in [2.05, 4.69) is 0 Å². The summed E-state index contributed by atoms with van der Waals surface area (Å²) in [6.07, 6.45) is 0.711. The number of benzene rings is 1. The van der Waals surface area contributed by atoms with Crippen LogP contribution in [0.1, 0.15) is 26.3 Å². The quantitative estimate of drug-likeness (QED) is 0.708. The maximum atomic E-state index is 11.5. The second kappa shape index (κ2) is 5.54. The number of carbonyl (C=O) groups is 1. The van der Waals surface area contributed by atoms with Crippen molar-refractivity contribution in [2.45, 2.75) is 33.3 Å². The van der Waals surface area contributed by atoms with Gasteiger partial charge in [0.05, 0.1) is 12.0 Å². The molecule has 0 aliphatic carbocycles. The summed E-state index contributed by atoms with van der Waals surface area (Å²) in [6.45, 7) is 5.64. The van der Waals surface area contributed by atoms with Gasteiger partial charge >= 0.3 is 5.97 Å². The van der Waals surface area contributed by atoms with Crippen LogP contribution in [0.2, 0.25) is 0 Å². The first-order chi connectivity index (χ1) is 7.09. The molecule has 1 unspecified atom stereocenters. The van der Waals surface area contributed by atoms with Crippen LogP contribution in [0.5, 0.6) is 0 Å². The van der Waals surface area contributed by atoms with Crippen LogP contribution in [0.4, 0.5) is 0 Å². The summed E-state index contributed by atoms with van der Waals surface area (Å²) in [5.41, 5.74) is 1.17. The number of carbonyl (C=O) groups excluding carboxylic acids is 1. The summed E-state index contributed by atoms with van der Waals surface area (Å²) in [6, 6.07) is 9.99. The Hall–Kier alpha value is -1.31. The third kappa shape index (κ3) is 4.15. The number of rotatable bonds is 4. The van der Waals surface area contributed by atoms with Crippen LogP contribution in [-0.4, -0.2) is 12.1 Å². The van der Waals surface area contributed by atoms with Crippen molar-refractivity contribution < 1.29 is 9.53 Å². The lowest BCUT2D eigenvalue weighted by Crippen LogP contribution is -2.20. The maximum Gasteiger partial charge on any atom is 0.309 e. The SMILES string of the molecule is CC(C)OC(=O)C(C)Cc1ccccc1. The van der Waals surface area contributed by atoms with Gasteiger partial charge in [0.15, 0.2) is 0 Å². The second-order valence-corrected chi connectivity index (χ2v) is 4.08. The van der Waals surface area contributed by atoms with Gasteiger partial charge in [-0.2, -0.15) is 0 Å². The lowest BCUT2D eigenvalue weighted by atomic mass is 10.0. The van der Waals surface area contributed by atoms with E-state index in [1.165, 1.54) is 5.56 Å². The highest BCUT2D eigenvalue weighted by Gasteiger charge is 2.15. The Morgan fingerprint density at radius 1 is 1.20 bits per heavy atom. The Labute approximate surface area is 91.3 Å². The van der Waals surface area contributed by atoms with Gasteiger partial charge in [-0.3, -0.25) is 4.79 Å². The van der Waals surface area contributed by atoms with Gasteiger partial charge in [0.25, 0.3) is 0 Å². The topological polar surface area (TPSA) is 26.3 Å². The second-order valence-electron chi connectivity index (χ2n) is 4.08. The molecule has 2 nitrogen and oxygen atoms in total. The summed E-state index contributed by atoms with van der Waals surface area (Å²) >= 11 is 0. The number of hydrogen-bond acceptors (Lipinski definition) is 2. The van der Waals surface area contributed by atoms with E-state index in [-0.39, 0.29) is 18.0 Å². The molecular formula is C13H18O2. The summed E-state index contributed by atoms with van der Waals surface area (Å²) in [7, 11) is 0. The zero-order chi connectivity index (χ0) is 11.3. The van der Waals surface area contributed by atoms with Crippen LogP contribution < -0.4 is 0 Å². The molecule has 1 atom stereocenters. The summed E-state index contributed by atoms with van der Waals surface area (Å²) in [4.78, 5) is 11.5. The first-order valence-corrected chi connectivity index (χ1v) is 5.34. The highest BCUT2D eigenvalue weighted by molar-refractivity contribution is 5.72. The average Bonchev–Trinajstić information content (AvgIpc) is 2.18. The fraction of sp³-hybridized carbons (Fsp3) is 0.462. The molecule has 0 N–H and O–H groups in total. The molecule has 0 saturated carbocycles. The van der Waals surface area contributed by atoms with Crippen LogP contribution in [0.25, 0.3) is 0 Å². The normalized spacial score (nSPS) is 12.5. The predicted octanol–water partition coefficient (Wildman–Crippen LogP) is 2.82. The minimum absolute atomic E-state index is 0.0317. The molecule has 0 fully saturated rings. The molecule has 1 rings (SSSR count). The number of hydrogen-bond donors (Lipinski definition) is 0. The van der Waals surface area contributed by atoms with E-state index < -0.39 is 0 Å². The smallest absolute Gasteiger partial charge is 0.309 e. The molecular weight excluding hydrogens is 188 g/mol. The average molecular weight is 206 g/mol. The molecule has 0 aliphatic heterocycles. The summed E-state index contributed by atoms with van der Waals surface area (Å²) < 4.78 is 5.15. The van der Waals surface area contributed by atoms with Crippen molar-refractivity contribution in [2.75, 3.05) is 0 Å². The van der Waals surface area contributed by atoms with Crippen LogP contribution >= 0.6 is 0 Å². The predicted molar refractivity (Wildman–Crippen MR) is 60.5 cm³/mol. The molecule has 82 valence electrons. The Kier molecular flexibility index (Phi) is 4.35. The van der Waals surface area contributed by atoms with Crippen molar-refractivity contribution in [3.63, 3.8) is 0 Å². The molecule has 0 bridgehead atoms. The molecule has 0 radical (unpaired) electrons. The minimum atomic E-state index is -0.117. The van der Waals surface area contributed by atoms with E-state index in [0.717, 1.165) is 6.42 Å². The Bertz CT molecular complexity index is 304. The van der Waals surface area contributed by atoms with Gasteiger partial charge in [-0.15, -0.1) is 0 Å². The Morgan fingerprint density at radius 2 is 1.80 bits per heavy atom. The third-order valence-electron chi connectivity index (χ3n) is 2.14. The van der Waals surface area contributed by atoms with Crippen LogP contribution in [0.15, 0.2) is 30.3 Å². The van der Waals surface area contributed by atoms with E-state index in [1.807, 2.05) is 51.1 Å². The van der Waals surface area contributed by atoms with E-state index in [9.17, 15) is 4.79 Å². The van der Waals surface area contributed by atoms with Crippen molar-refractivity contribution in [1.29, 1.82) is 0 Å². The molecule has 0 heterocycles. The van der Waals surface area contributed by atoms with E-state index >= 15 is 0 Å². The largest absolute Gasteiger partial charge is 0.463 e. The van der Waals surface area contributed by atoms with Gasteiger partial charge < -0.3 is 4.74 Å². The van der Waals surface area contributed by atoms with Gasteiger partial charge in [0, 0.05) is 0 Å². The van der Waals surface area contributed by atoms with E-state index in [1.54, 1.807) is 0 Å². The van der Waals surface area contributed by atoms with Crippen molar-refractivity contribution in [1.82, 2.24) is 0 Å². The minimum Gasteiger partial charge on any atom is -0.463 e. The highest BCUT2D eigenvalue weighted by atomic mass is 16.5. The van der Waals surface area contributed by atoms with Gasteiger partial charge in [-0.1, -0.05) is 37.3 Å². The molecule has 15 heavy (non-hydrogen) atoms. The molecule has 2 heteroatoms. The van der Waals surface area contributed by atoms with E-state index in [4.69, 9.17) is 4.74 Å². The Morgan fingerprint density at radius 3 is 2.33 bits per heavy atom. The van der Waals surface area contributed by atoms with Crippen molar-refractivity contribution in [3.8, 4) is 0 Å². The highest BCUT2D eigenvalue weighted by Crippen LogP contribution is 2.10. The van der Waals surface area contributed by atoms with Crippen molar-refractivity contribution in [2.24, 2.45) is 5.92 Å². The number of ether oxygens (including phenoxy) is 1. The van der Waals surface area contributed by atoms with Gasteiger partial charge in [0.1, 0.15) is 0 Å². The van der Waals surface area contributed by atoms with Crippen molar-refractivity contribution in [3.05, 3.63) is 35.9 Å². The van der Waals surface area contributed by atoms with Gasteiger partial charge in [-0.05, 0) is 25.8 Å². The van der Waals surface area contributed by atoms with Crippen molar-refractivity contribution >= 4 is 5.97 Å². The van der Waals surface area contributed by atoms with Crippen LogP contribution in [-0.2, 0) is 16.0 Å². The van der Waals surface area contributed by atoms with Crippen LogP contribution in [0.3, 0.4) is 0 Å². The molecule has 0 amide bonds. The fourth-order valence-electron chi connectivity index (χ4n) is 1.40. The zero-order valence-electron chi connectivity index (χ0n) is 9.57. The van der Waals surface area contributed by atoms with Crippen LogP contribution in [0, 0.1) is 5.92 Å². The summed E-state index contributed by atoms with van der Waals surface area (Å²) in [5.74, 6) is -0.191. The molecule has 0 saturated heterocycles. The molecule has 0 aromatic heterocycles. The van der Waals surface area contributed by atoms with Gasteiger partial charge in [0.2, 0.25) is 0 Å². The molecule has 1 aromatic rings. The first-order valence-electron chi connectivity index (χ1n) is 5.34.